The molecule has 0 saturated heterocycles. The van der Waals surface area contributed by atoms with Gasteiger partial charge in [0.15, 0.2) is 0 Å². The summed E-state index contributed by atoms with van der Waals surface area (Å²) in [6.07, 6.45) is 7.28. The van der Waals surface area contributed by atoms with Crippen molar-refractivity contribution in [2.45, 2.75) is 33.7 Å². The summed E-state index contributed by atoms with van der Waals surface area (Å²) in [5.41, 5.74) is 4.04. The molecule has 0 aliphatic rings. The summed E-state index contributed by atoms with van der Waals surface area (Å²) >= 11 is 0. The Hall–Kier alpha value is -2.89. The highest BCUT2D eigenvalue weighted by Gasteiger charge is 2.19. The van der Waals surface area contributed by atoms with E-state index in [4.69, 9.17) is 4.74 Å². The zero-order chi connectivity index (χ0) is 18.0. The molecule has 0 radical (unpaired) electrons. The lowest BCUT2D eigenvalue weighted by Crippen LogP contribution is -2.18. The maximum absolute atomic E-state index is 12.1. The average Bonchev–Trinajstić information content (AvgIpc) is 3.02. The van der Waals surface area contributed by atoms with E-state index in [9.17, 15) is 4.79 Å². The van der Waals surface area contributed by atoms with E-state index in [1.165, 1.54) is 0 Å². The fourth-order valence-corrected chi connectivity index (χ4v) is 2.92. The first-order chi connectivity index (χ1) is 12.0. The van der Waals surface area contributed by atoms with E-state index in [1.54, 1.807) is 6.20 Å². The highest BCUT2D eigenvalue weighted by atomic mass is 16.5. The Morgan fingerprint density at radius 2 is 2.00 bits per heavy atom. The van der Waals surface area contributed by atoms with Crippen molar-refractivity contribution < 1.29 is 9.53 Å². The molecule has 6 heteroatoms. The monoisotopic (exact) mass is 338 g/mol. The molecule has 0 saturated carbocycles. The molecule has 0 spiro atoms. The minimum absolute atomic E-state index is 0.243. The van der Waals surface area contributed by atoms with E-state index in [0.29, 0.717) is 6.61 Å². The zero-order valence-electron chi connectivity index (χ0n) is 14.9. The molecule has 3 heterocycles. The molecular formula is C19H22N4O2. The van der Waals surface area contributed by atoms with Crippen LogP contribution >= 0.6 is 0 Å². The Morgan fingerprint density at radius 1 is 1.28 bits per heavy atom. The smallest absolute Gasteiger partial charge is 0.328 e. The van der Waals surface area contributed by atoms with Gasteiger partial charge in [-0.1, -0.05) is 0 Å². The lowest BCUT2D eigenvalue weighted by atomic mass is 10.1. The highest BCUT2D eigenvalue weighted by molar-refractivity contribution is 5.93. The third kappa shape index (κ3) is 3.20. The summed E-state index contributed by atoms with van der Waals surface area (Å²) in [5, 5.41) is 4.36. The molecule has 0 amide bonds. The SMILES string of the molecule is CCOC(=O)C(C)n1ccc2c(Nc3c(C)cncc3C)nccc21. The molecule has 6 nitrogen and oxygen atoms in total. The van der Waals surface area contributed by atoms with E-state index in [0.717, 1.165) is 33.5 Å². The van der Waals surface area contributed by atoms with Crippen LogP contribution in [0.25, 0.3) is 10.9 Å². The summed E-state index contributed by atoms with van der Waals surface area (Å²) in [6, 6.07) is 3.48. The second kappa shape index (κ2) is 6.93. The zero-order valence-corrected chi connectivity index (χ0v) is 14.9. The number of ether oxygens (including phenoxy) is 1. The minimum Gasteiger partial charge on any atom is -0.464 e. The van der Waals surface area contributed by atoms with Crippen molar-refractivity contribution in [1.82, 2.24) is 14.5 Å². The number of pyridine rings is 2. The minimum atomic E-state index is -0.392. The lowest BCUT2D eigenvalue weighted by Gasteiger charge is -2.15. The quantitative estimate of drug-likeness (QED) is 0.714. The van der Waals surface area contributed by atoms with Crippen LogP contribution in [0.5, 0.6) is 0 Å². The van der Waals surface area contributed by atoms with Gasteiger partial charge in [0, 0.05) is 35.9 Å². The van der Waals surface area contributed by atoms with Gasteiger partial charge in [-0.2, -0.15) is 0 Å². The molecular weight excluding hydrogens is 316 g/mol. The van der Waals surface area contributed by atoms with Gasteiger partial charge >= 0.3 is 5.97 Å². The molecule has 3 aromatic heterocycles. The molecule has 25 heavy (non-hydrogen) atoms. The second-order valence-electron chi connectivity index (χ2n) is 6.02. The number of anilines is 2. The Labute approximate surface area is 146 Å². The van der Waals surface area contributed by atoms with Crippen molar-refractivity contribution in [2.75, 3.05) is 11.9 Å². The number of carbonyl (C=O) groups excluding carboxylic acids is 1. The predicted molar refractivity (Wildman–Crippen MR) is 98.1 cm³/mol. The van der Waals surface area contributed by atoms with Crippen LogP contribution in [0.3, 0.4) is 0 Å². The number of aryl methyl sites for hydroxylation is 2. The normalized spacial score (nSPS) is 12.2. The first kappa shape index (κ1) is 17.0. The maximum atomic E-state index is 12.1. The molecule has 3 aromatic rings. The van der Waals surface area contributed by atoms with Crippen molar-refractivity contribution in [3.8, 4) is 0 Å². The molecule has 1 N–H and O–H groups in total. The average molecular weight is 338 g/mol. The van der Waals surface area contributed by atoms with Crippen molar-refractivity contribution in [3.05, 3.63) is 48.0 Å². The van der Waals surface area contributed by atoms with Gasteiger partial charge in [0.25, 0.3) is 0 Å². The van der Waals surface area contributed by atoms with Crippen LogP contribution in [0.2, 0.25) is 0 Å². The lowest BCUT2D eigenvalue weighted by molar-refractivity contribution is -0.146. The number of carbonyl (C=O) groups is 1. The van der Waals surface area contributed by atoms with Crippen LogP contribution in [-0.2, 0) is 9.53 Å². The Bertz CT molecular complexity index is 897. The standard InChI is InChI=1S/C19H22N4O2/c1-5-25-19(24)14(4)23-9-7-15-16(23)6-8-21-18(15)22-17-12(2)10-20-11-13(17)3/h6-11,14H,5H2,1-4H3,(H,20,21,22). The van der Waals surface area contributed by atoms with E-state index < -0.39 is 6.04 Å². The Morgan fingerprint density at radius 3 is 2.68 bits per heavy atom. The molecule has 0 bridgehead atoms. The molecule has 0 aliphatic heterocycles. The number of rotatable bonds is 5. The van der Waals surface area contributed by atoms with Gasteiger partial charge in [0.05, 0.1) is 12.1 Å². The fourth-order valence-electron chi connectivity index (χ4n) is 2.92. The van der Waals surface area contributed by atoms with Crippen LogP contribution in [-0.4, -0.2) is 27.1 Å². The Balaban J connectivity index is 2.00. The summed E-state index contributed by atoms with van der Waals surface area (Å²) in [4.78, 5) is 20.7. The van der Waals surface area contributed by atoms with Gasteiger partial charge in [-0.05, 0) is 51.0 Å². The van der Waals surface area contributed by atoms with Gasteiger partial charge in [0.1, 0.15) is 11.9 Å². The number of hydrogen-bond acceptors (Lipinski definition) is 5. The number of aromatic nitrogens is 3. The molecule has 0 fully saturated rings. The summed E-state index contributed by atoms with van der Waals surface area (Å²) in [5.74, 6) is 0.511. The maximum Gasteiger partial charge on any atom is 0.328 e. The van der Waals surface area contributed by atoms with Crippen molar-refractivity contribution in [3.63, 3.8) is 0 Å². The topological polar surface area (TPSA) is 69.0 Å². The van der Waals surface area contributed by atoms with Crippen molar-refractivity contribution in [2.24, 2.45) is 0 Å². The molecule has 130 valence electrons. The molecule has 1 unspecified atom stereocenters. The Kier molecular flexibility index (Phi) is 4.70. The third-order valence-electron chi connectivity index (χ3n) is 4.26. The fraction of sp³-hybridized carbons (Fsp3) is 0.316. The van der Waals surface area contributed by atoms with Crippen LogP contribution in [0, 0.1) is 13.8 Å². The third-order valence-corrected chi connectivity index (χ3v) is 4.26. The number of nitrogens with one attached hydrogen (secondary N) is 1. The number of fused-ring (bicyclic) bond motifs is 1. The summed E-state index contributed by atoms with van der Waals surface area (Å²) in [6.45, 7) is 8.04. The van der Waals surface area contributed by atoms with Crippen LogP contribution in [0.15, 0.2) is 36.9 Å². The second-order valence-corrected chi connectivity index (χ2v) is 6.02. The largest absolute Gasteiger partial charge is 0.464 e. The van der Waals surface area contributed by atoms with Crippen molar-refractivity contribution in [1.29, 1.82) is 0 Å². The van der Waals surface area contributed by atoms with Gasteiger partial charge in [-0.25, -0.2) is 9.78 Å². The van der Waals surface area contributed by atoms with Gasteiger partial charge in [0.2, 0.25) is 0 Å². The van der Waals surface area contributed by atoms with Gasteiger partial charge < -0.3 is 14.6 Å². The number of esters is 1. The van der Waals surface area contributed by atoms with Crippen LogP contribution < -0.4 is 5.32 Å². The molecule has 3 rings (SSSR count). The first-order valence-electron chi connectivity index (χ1n) is 8.33. The number of hydrogen-bond donors (Lipinski definition) is 1. The molecule has 0 aliphatic carbocycles. The summed E-state index contributed by atoms with van der Waals surface area (Å²) in [7, 11) is 0. The summed E-state index contributed by atoms with van der Waals surface area (Å²) < 4.78 is 7.04. The van der Waals surface area contributed by atoms with E-state index in [-0.39, 0.29) is 5.97 Å². The highest BCUT2D eigenvalue weighted by Crippen LogP contribution is 2.29. The van der Waals surface area contributed by atoms with Gasteiger partial charge in [-0.3, -0.25) is 4.98 Å². The van der Waals surface area contributed by atoms with E-state index in [2.05, 4.69) is 15.3 Å². The van der Waals surface area contributed by atoms with Gasteiger partial charge in [-0.15, -0.1) is 0 Å². The first-order valence-corrected chi connectivity index (χ1v) is 8.33. The number of nitrogens with zero attached hydrogens (tertiary/aromatic N) is 3. The van der Waals surface area contributed by atoms with E-state index in [1.807, 2.05) is 63.0 Å². The van der Waals surface area contributed by atoms with Crippen LogP contribution in [0.1, 0.15) is 31.0 Å². The predicted octanol–water partition coefficient (Wildman–Crippen LogP) is 3.92. The van der Waals surface area contributed by atoms with Crippen LogP contribution in [0.4, 0.5) is 11.5 Å². The molecule has 0 aromatic carbocycles. The van der Waals surface area contributed by atoms with Crippen molar-refractivity contribution >= 4 is 28.4 Å². The van der Waals surface area contributed by atoms with E-state index >= 15 is 0 Å². The molecule has 1 atom stereocenters.